The highest BCUT2D eigenvalue weighted by molar-refractivity contribution is 5.93. The van der Waals surface area contributed by atoms with E-state index in [2.05, 4.69) is 17.6 Å². The van der Waals surface area contributed by atoms with Crippen LogP contribution in [-0.4, -0.2) is 13.0 Å². The molecule has 0 aromatic heterocycles. The van der Waals surface area contributed by atoms with Gasteiger partial charge in [0.15, 0.2) is 0 Å². The van der Waals surface area contributed by atoms with Crippen LogP contribution >= 0.6 is 0 Å². The Morgan fingerprint density at radius 2 is 1.76 bits per heavy atom. The van der Waals surface area contributed by atoms with E-state index in [1.165, 1.54) is 5.56 Å². The van der Waals surface area contributed by atoms with Gasteiger partial charge in [-0.1, -0.05) is 48.0 Å². The Balaban J connectivity index is 2.07. The molecule has 0 heterocycles. The number of aryl methyl sites for hydroxylation is 1. The molecule has 0 saturated heterocycles. The first-order valence-electron chi connectivity index (χ1n) is 7.21. The number of carbonyl (C=O) groups is 1. The molecule has 2 rings (SSSR count). The van der Waals surface area contributed by atoms with Gasteiger partial charge in [0, 0.05) is 11.7 Å². The number of anilines is 1. The maximum atomic E-state index is 12.2. The van der Waals surface area contributed by atoms with Gasteiger partial charge in [0.25, 0.3) is 0 Å². The van der Waals surface area contributed by atoms with Gasteiger partial charge in [0.05, 0.1) is 6.42 Å². The van der Waals surface area contributed by atoms with Crippen LogP contribution in [0.5, 0.6) is 0 Å². The minimum Gasteiger partial charge on any atom is -0.325 e. The van der Waals surface area contributed by atoms with Crippen LogP contribution in [-0.2, 0) is 11.2 Å². The summed E-state index contributed by atoms with van der Waals surface area (Å²) in [5.74, 6) is 0.00889. The predicted octanol–water partition coefficient (Wildman–Crippen LogP) is 3.46. The summed E-state index contributed by atoms with van der Waals surface area (Å²) in [5.41, 5.74) is 4.19. The van der Waals surface area contributed by atoms with Crippen molar-refractivity contribution in [1.82, 2.24) is 5.32 Å². The molecule has 2 aromatic carbocycles. The molecular formula is C18H22N2O. The largest absolute Gasteiger partial charge is 0.325 e. The van der Waals surface area contributed by atoms with Crippen molar-refractivity contribution in [3.8, 4) is 0 Å². The van der Waals surface area contributed by atoms with Crippen LogP contribution in [0.25, 0.3) is 0 Å². The Kier molecular flexibility index (Phi) is 5.12. The molecule has 3 heteroatoms. The fourth-order valence-electron chi connectivity index (χ4n) is 2.23. The van der Waals surface area contributed by atoms with Gasteiger partial charge in [0.1, 0.15) is 0 Å². The summed E-state index contributed by atoms with van der Waals surface area (Å²) >= 11 is 0. The van der Waals surface area contributed by atoms with E-state index < -0.39 is 0 Å². The molecule has 110 valence electrons. The summed E-state index contributed by atoms with van der Waals surface area (Å²) in [5, 5.41) is 6.21. The summed E-state index contributed by atoms with van der Waals surface area (Å²) in [6.07, 6.45) is 0.391. The Labute approximate surface area is 126 Å². The minimum atomic E-state index is 0.00889. The van der Waals surface area contributed by atoms with E-state index in [9.17, 15) is 4.79 Å². The molecule has 0 radical (unpaired) electrons. The predicted molar refractivity (Wildman–Crippen MR) is 87.4 cm³/mol. The smallest absolute Gasteiger partial charge is 0.228 e. The molecule has 3 nitrogen and oxygen atoms in total. The van der Waals surface area contributed by atoms with Crippen molar-refractivity contribution >= 4 is 11.6 Å². The number of carbonyl (C=O) groups excluding carboxylic acids is 1. The quantitative estimate of drug-likeness (QED) is 0.882. The Morgan fingerprint density at radius 3 is 2.43 bits per heavy atom. The maximum Gasteiger partial charge on any atom is 0.228 e. The van der Waals surface area contributed by atoms with Crippen LogP contribution in [0.15, 0.2) is 48.5 Å². The minimum absolute atomic E-state index is 0.00889. The van der Waals surface area contributed by atoms with Gasteiger partial charge in [-0.2, -0.15) is 0 Å². The molecule has 1 atom stereocenters. The highest BCUT2D eigenvalue weighted by Gasteiger charge is 2.11. The zero-order valence-electron chi connectivity index (χ0n) is 12.8. The number of hydrogen-bond donors (Lipinski definition) is 2. The van der Waals surface area contributed by atoms with Gasteiger partial charge >= 0.3 is 0 Å². The first-order chi connectivity index (χ1) is 10.1. The molecule has 2 aromatic rings. The van der Waals surface area contributed by atoms with Gasteiger partial charge < -0.3 is 10.6 Å². The lowest BCUT2D eigenvalue weighted by atomic mass is 10.1. The Bertz CT molecular complexity index is 605. The standard InChI is InChI=1S/C18H22N2O/c1-13-8-10-15(11-9-13)12-18(21)20-17-7-5-4-6-16(17)14(2)19-3/h4-11,14,19H,12H2,1-3H3,(H,20,21). The second kappa shape index (κ2) is 7.04. The molecule has 0 spiro atoms. The van der Waals surface area contributed by atoms with E-state index in [1.807, 2.05) is 62.5 Å². The van der Waals surface area contributed by atoms with Gasteiger partial charge in [-0.05, 0) is 38.1 Å². The number of hydrogen-bond acceptors (Lipinski definition) is 2. The second-order valence-corrected chi connectivity index (χ2v) is 5.31. The summed E-state index contributed by atoms with van der Waals surface area (Å²) in [6, 6.07) is 16.1. The van der Waals surface area contributed by atoms with Gasteiger partial charge in [-0.3, -0.25) is 4.79 Å². The molecule has 21 heavy (non-hydrogen) atoms. The van der Waals surface area contributed by atoms with Crippen molar-refractivity contribution in [1.29, 1.82) is 0 Å². The van der Waals surface area contributed by atoms with Crippen LogP contribution < -0.4 is 10.6 Å². The molecular weight excluding hydrogens is 260 g/mol. The molecule has 2 N–H and O–H groups in total. The molecule has 0 aliphatic heterocycles. The normalized spacial score (nSPS) is 12.0. The monoisotopic (exact) mass is 282 g/mol. The Morgan fingerprint density at radius 1 is 1.10 bits per heavy atom. The molecule has 1 amide bonds. The van der Waals surface area contributed by atoms with E-state index in [0.717, 1.165) is 16.8 Å². The number of para-hydroxylation sites is 1. The summed E-state index contributed by atoms with van der Waals surface area (Å²) in [4.78, 5) is 12.2. The average molecular weight is 282 g/mol. The van der Waals surface area contributed by atoms with Gasteiger partial charge in [0.2, 0.25) is 5.91 Å². The van der Waals surface area contributed by atoms with Crippen molar-refractivity contribution in [3.63, 3.8) is 0 Å². The van der Waals surface area contributed by atoms with Crippen LogP contribution in [0.4, 0.5) is 5.69 Å². The number of rotatable bonds is 5. The number of benzene rings is 2. The van der Waals surface area contributed by atoms with E-state index in [1.54, 1.807) is 0 Å². The molecule has 0 bridgehead atoms. The van der Waals surface area contributed by atoms with E-state index in [0.29, 0.717) is 6.42 Å². The third kappa shape index (κ3) is 4.17. The first kappa shape index (κ1) is 15.3. The van der Waals surface area contributed by atoms with E-state index >= 15 is 0 Å². The highest BCUT2D eigenvalue weighted by Crippen LogP contribution is 2.22. The molecule has 0 fully saturated rings. The average Bonchev–Trinajstić information content (AvgIpc) is 2.49. The fraction of sp³-hybridized carbons (Fsp3) is 0.278. The van der Waals surface area contributed by atoms with E-state index in [4.69, 9.17) is 0 Å². The van der Waals surface area contributed by atoms with Gasteiger partial charge in [-0.15, -0.1) is 0 Å². The molecule has 0 aliphatic carbocycles. The van der Waals surface area contributed by atoms with Crippen molar-refractivity contribution in [2.75, 3.05) is 12.4 Å². The molecule has 0 aliphatic rings. The maximum absolute atomic E-state index is 12.2. The SMILES string of the molecule is CNC(C)c1ccccc1NC(=O)Cc1ccc(C)cc1. The van der Waals surface area contributed by atoms with Crippen molar-refractivity contribution in [2.45, 2.75) is 26.3 Å². The highest BCUT2D eigenvalue weighted by atomic mass is 16.1. The molecule has 0 saturated carbocycles. The van der Waals surface area contributed by atoms with Crippen LogP contribution in [0.3, 0.4) is 0 Å². The van der Waals surface area contributed by atoms with Crippen molar-refractivity contribution in [2.24, 2.45) is 0 Å². The van der Waals surface area contributed by atoms with E-state index in [-0.39, 0.29) is 11.9 Å². The topological polar surface area (TPSA) is 41.1 Å². The lowest BCUT2D eigenvalue weighted by Gasteiger charge is -2.16. The zero-order chi connectivity index (χ0) is 15.2. The molecule has 1 unspecified atom stereocenters. The van der Waals surface area contributed by atoms with Crippen LogP contribution in [0.2, 0.25) is 0 Å². The number of amides is 1. The summed E-state index contributed by atoms with van der Waals surface area (Å²) < 4.78 is 0. The van der Waals surface area contributed by atoms with Crippen LogP contribution in [0, 0.1) is 6.92 Å². The zero-order valence-corrected chi connectivity index (χ0v) is 12.8. The fourth-order valence-corrected chi connectivity index (χ4v) is 2.23. The lowest BCUT2D eigenvalue weighted by molar-refractivity contribution is -0.115. The van der Waals surface area contributed by atoms with Crippen molar-refractivity contribution in [3.05, 3.63) is 65.2 Å². The summed E-state index contributed by atoms with van der Waals surface area (Å²) in [7, 11) is 1.91. The second-order valence-electron chi connectivity index (χ2n) is 5.31. The third-order valence-electron chi connectivity index (χ3n) is 3.62. The van der Waals surface area contributed by atoms with Crippen molar-refractivity contribution < 1.29 is 4.79 Å². The number of nitrogens with one attached hydrogen (secondary N) is 2. The third-order valence-corrected chi connectivity index (χ3v) is 3.62. The Hall–Kier alpha value is -2.13. The first-order valence-corrected chi connectivity index (χ1v) is 7.21. The summed E-state index contributed by atoms with van der Waals surface area (Å²) in [6.45, 7) is 4.12. The lowest BCUT2D eigenvalue weighted by Crippen LogP contribution is -2.19. The van der Waals surface area contributed by atoms with Crippen LogP contribution in [0.1, 0.15) is 29.7 Å². The van der Waals surface area contributed by atoms with Gasteiger partial charge in [-0.25, -0.2) is 0 Å².